The van der Waals surface area contributed by atoms with Gasteiger partial charge in [-0.25, -0.2) is 0 Å². The number of nitrogens with one attached hydrogen (secondary N) is 2. The second-order valence-corrected chi connectivity index (χ2v) is 1.59. The Kier molecular flexibility index (Phi) is 4.85. The summed E-state index contributed by atoms with van der Waals surface area (Å²) < 4.78 is 0. The molecule has 0 bridgehead atoms. The summed E-state index contributed by atoms with van der Waals surface area (Å²) >= 11 is 0. The topological polar surface area (TPSA) is 70.9 Å². The van der Waals surface area contributed by atoms with Crippen LogP contribution in [0.25, 0.3) is 0 Å². The number of pyridine rings is 1. The third-order valence-electron chi connectivity index (χ3n) is 0.942. The van der Waals surface area contributed by atoms with Crippen molar-refractivity contribution in [2.75, 3.05) is 5.43 Å². The average molecular weight is 155 g/mol. The lowest BCUT2D eigenvalue weighted by Gasteiger charge is -1.93. The highest BCUT2D eigenvalue weighted by atomic mass is 16.1. The molecule has 0 aliphatic heterocycles. The van der Waals surface area contributed by atoms with Crippen LogP contribution in [-0.2, 0) is 0 Å². The monoisotopic (exact) mass is 155 g/mol. The highest BCUT2D eigenvalue weighted by Gasteiger charge is 1.85. The molecule has 0 aliphatic rings. The number of nitrogen functional groups attached to an aromatic ring is 1. The Morgan fingerprint density at radius 3 is 2.55 bits per heavy atom. The van der Waals surface area contributed by atoms with E-state index in [1.165, 1.54) is 12.3 Å². The molecule has 4 heteroatoms. The van der Waals surface area contributed by atoms with Crippen LogP contribution in [0.2, 0.25) is 0 Å². The van der Waals surface area contributed by atoms with E-state index in [9.17, 15) is 4.79 Å². The maximum Gasteiger partial charge on any atom is 0.250 e. The Hall–Kier alpha value is -1.29. The fourth-order valence-corrected chi connectivity index (χ4v) is 0.534. The van der Waals surface area contributed by atoms with Crippen molar-refractivity contribution in [3.8, 4) is 0 Å². The van der Waals surface area contributed by atoms with E-state index in [4.69, 9.17) is 5.84 Å². The molecule has 0 unspecified atom stereocenters. The first-order chi connectivity index (χ1) is 5.33. The predicted molar refractivity (Wildman–Crippen MR) is 46.2 cm³/mol. The first-order valence-corrected chi connectivity index (χ1v) is 3.48. The molecular formula is C7H13N3O. The molecule has 1 aromatic rings. The maximum absolute atomic E-state index is 10.5. The molecule has 0 atom stereocenters. The summed E-state index contributed by atoms with van der Waals surface area (Å²) in [6.07, 6.45) is 1.53. The van der Waals surface area contributed by atoms with Crippen molar-refractivity contribution in [2.45, 2.75) is 13.8 Å². The summed E-state index contributed by atoms with van der Waals surface area (Å²) in [5.74, 6) is 5.02. The lowest BCUT2D eigenvalue weighted by Crippen LogP contribution is -2.10. The highest BCUT2D eigenvalue weighted by Crippen LogP contribution is 1.94. The average Bonchev–Trinajstić information content (AvgIpc) is 2.08. The fourth-order valence-electron chi connectivity index (χ4n) is 0.534. The second-order valence-electron chi connectivity index (χ2n) is 1.59. The second kappa shape index (κ2) is 5.49. The molecule has 0 saturated heterocycles. The number of hydrogen-bond donors (Lipinski definition) is 3. The minimum atomic E-state index is -0.162. The standard InChI is InChI=1S/C5H7N3O.C2H6/c6-8-4-1-2-7-5(9)3-4;1-2/h1-3H,6H2,(H2,7,8,9);1-2H3. The molecule has 1 heterocycles. The van der Waals surface area contributed by atoms with Gasteiger partial charge in [-0.05, 0) is 6.07 Å². The third kappa shape index (κ3) is 3.42. The minimum Gasteiger partial charge on any atom is -0.329 e. The highest BCUT2D eigenvalue weighted by molar-refractivity contribution is 5.38. The minimum absolute atomic E-state index is 0.162. The molecule has 0 amide bonds. The van der Waals surface area contributed by atoms with E-state index < -0.39 is 0 Å². The summed E-state index contributed by atoms with van der Waals surface area (Å²) in [6, 6.07) is 3.04. The summed E-state index contributed by atoms with van der Waals surface area (Å²) in [7, 11) is 0. The third-order valence-corrected chi connectivity index (χ3v) is 0.942. The molecule has 1 rings (SSSR count). The Balaban J connectivity index is 0.000000461. The smallest absolute Gasteiger partial charge is 0.250 e. The van der Waals surface area contributed by atoms with Crippen molar-refractivity contribution >= 4 is 5.69 Å². The van der Waals surface area contributed by atoms with Crippen LogP contribution in [0, 0.1) is 0 Å². The van der Waals surface area contributed by atoms with E-state index >= 15 is 0 Å². The van der Waals surface area contributed by atoms with E-state index in [1.54, 1.807) is 6.07 Å². The van der Waals surface area contributed by atoms with Gasteiger partial charge in [0.1, 0.15) is 0 Å². The van der Waals surface area contributed by atoms with Gasteiger partial charge in [0.2, 0.25) is 5.56 Å². The number of H-pyrrole nitrogens is 1. The van der Waals surface area contributed by atoms with Crippen molar-refractivity contribution in [1.82, 2.24) is 4.98 Å². The van der Waals surface area contributed by atoms with Crippen LogP contribution < -0.4 is 16.8 Å². The van der Waals surface area contributed by atoms with Gasteiger partial charge in [0.05, 0.1) is 5.69 Å². The van der Waals surface area contributed by atoms with Gasteiger partial charge in [0.25, 0.3) is 0 Å². The van der Waals surface area contributed by atoms with Crippen LogP contribution in [0.4, 0.5) is 5.69 Å². The largest absolute Gasteiger partial charge is 0.329 e. The molecule has 1 aromatic heterocycles. The molecule has 4 nitrogen and oxygen atoms in total. The number of nitrogens with two attached hydrogens (primary N) is 1. The zero-order chi connectivity index (χ0) is 8.69. The van der Waals surface area contributed by atoms with Crippen LogP contribution in [-0.4, -0.2) is 4.98 Å². The van der Waals surface area contributed by atoms with E-state index in [1.807, 2.05) is 13.8 Å². The van der Waals surface area contributed by atoms with Gasteiger partial charge in [0.15, 0.2) is 0 Å². The summed E-state index contributed by atoms with van der Waals surface area (Å²) in [5, 5.41) is 0. The summed E-state index contributed by atoms with van der Waals surface area (Å²) in [5.41, 5.74) is 2.80. The number of hydrazine groups is 1. The Labute approximate surface area is 65.4 Å². The van der Waals surface area contributed by atoms with Crippen molar-refractivity contribution in [3.05, 3.63) is 28.7 Å². The quantitative estimate of drug-likeness (QED) is 0.412. The van der Waals surface area contributed by atoms with Gasteiger partial charge >= 0.3 is 0 Å². The molecule has 11 heavy (non-hydrogen) atoms. The van der Waals surface area contributed by atoms with Gasteiger partial charge in [-0.15, -0.1) is 0 Å². The van der Waals surface area contributed by atoms with E-state index in [-0.39, 0.29) is 5.56 Å². The Morgan fingerprint density at radius 2 is 2.18 bits per heavy atom. The molecule has 0 fully saturated rings. The number of aromatic amines is 1. The van der Waals surface area contributed by atoms with Crippen molar-refractivity contribution in [1.29, 1.82) is 0 Å². The lowest BCUT2D eigenvalue weighted by molar-refractivity contribution is 1.22. The van der Waals surface area contributed by atoms with Gasteiger partial charge in [-0.3, -0.25) is 10.6 Å². The number of hydrogen-bond acceptors (Lipinski definition) is 3. The molecule has 0 saturated carbocycles. The lowest BCUT2D eigenvalue weighted by atomic mass is 10.4. The van der Waals surface area contributed by atoms with Gasteiger partial charge in [-0.1, -0.05) is 13.8 Å². The first-order valence-electron chi connectivity index (χ1n) is 3.48. The zero-order valence-corrected chi connectivity index (χ0v) is 6.72. The molecule has 62 valence electrons. The molecule has 0 aromatic carbocycles. The van der Waals surface area contributed by atoms with Crippen LogP contribution in [0.1, 0.15) is 13.8 Å². The van der Waals surface area contributed by atoms with Gasteiger partial charge in [0, 0.05) is 12.3 Å². The predicted octanol–water partition coefficient (Wildman–Crippen LogP) is 0.687. The first kappa shape index (κ1) is 9.71. The van der Waals surface area contributed by atoms with Crippen LogP contribution >= 0.6 is 0 Å². The number of anilines is 1. The van der Waals surface area contributed by atoms with Crippen LogP contribution in [0.5, 0.6) is 0 Å². The summed E-state index contributed by atoms with van der Waals surface area (Å²) in [6.45, 7) is 4.00. The molecule has 4 N–H and O–H groups in total. The Morgan fingerprint density at radius 1 is 1.55 bits per heavy atom. The number of rotatable bonds is 1. The van der Waals surface area contributed by atoms with Crippen molar-refractivity contribution in [2.24, 2.45) is 5.84 Å². The zero-order valence-electron chi connectivity index (χ0n) is 6.72. The molecular weight excluding hydrogens is 142 g/mol. The molecule has 0 radical (unpaired) electrons. The maximum atomic E-state index is 10.5. The Bertz CT molecular complexity index is 243. The van der Waals surface area contributed by atoms with Crippen molar-refractivity contribution < 1.29 is 0 Å². The van der Waals surface area contributed by atoms with E-state index in [0.29, 0.717) is 5.69 Å². The van der Waals surface area contributed by atoms with Crippen LogP contribution in [0.15, 0.2) is 23.1 Å². The van der Waals surface area contributed by atoms with Crippen molar-refractivity contribution in [3.63, 3.8) is 0 Å². The van der Waals surface area contributed by atoms with E-state index in [2.05, 4.69) is 10.4 Å². The molecule has 0 aliphatic carbocycles. The fraction of sp³-hybridized carbons (Fsp3) is 0.286. The normalized spacial score (nSPS) is 7.91. The number of aromatic nitrogens is 1. The van der Waals surface area contributed by atoms with Gasteiger partial charge < -0.3 is 10.4 Å². The summed E-state index contributed by atoms with van der Waals surface area (Å²) in [4.78, 5) is 13.0. The van der Waals surface area contributed by atoms with Gasteiger partial charge in [-0.2, -0.15) is 0 Å². The SMILES string of the molecule is CC.NNc1cc[nH]c(=O)c1. The van der Waals surface area contributed by atoms with E-state index in [0.717, 1.165) is 0 Å². The molecule has 0 spiro atoms. The van der Waals surface area contributed by atoms with Crippen LogP contribution in [0.3, 0.4) is 0 Å².